The van der Waals surface area contributed by atoms with Gasteiger partial charge in [-0.3, -0.25) is 4.40 Å². The molecular weight excluding hydrogens is 416 g/mol. The van der Waals surface area contributed by atoms with E-state index in [2.05, 4.69) is 34.1 Å². The Morgan fingerprint density at radius 3 is 2.88 bits per heavy atom. The van der Waals surface area contributed by atoms with E-state index in [1.54, 1.807) is 11.1 Å². The summed E-state index contributed by atoms with van der Waals surface area (Å²) in [4.78, 5) is 28.2. The van der Waals surface area contributed by atoms with Crippen LogP contribution in [0.15, 0.2) is 43.4 Å². The summed E-state index contributed by atoms with van der Waals surface area (Å²) in [5.74, 6) is 1.37. The van der Waals surface area contributed by atoms with Gasteiger partial charge in [-0.15, -0.1) is 6.58 Å². The lowest BCUT2D eigenvalue weighted by molar-refractivity contribution is 0.0206. The summed E-state index contributed by atoms with van der Waals surface area (Å²) in [6.07, 6.45) is 9.94. The van der Waals surface area contributed by atoms with Crippen LogP contribution in [0.25, 0.3) is 17.2 Å². The molecule has 3 aromatic rings. The average molecular weight is 449 g/mol. The van der Waals surface area contributed by atoms with Crippen molar-refractivity contribution >= 4 is 17.6 Å². The molecule has 33 heavy (non-hydrogen) atoms. The van der Waals surface area contributed by atoms with Crippen LogP contribution in [-0.2, 0) is 11.2 Å². The van der Waals surface area contributed by atoms with Gasteiger partial charge >= 0.3 is 6.09 Å². The maximum Gasteiger partial charge on any atom is 0.410 e. The van der Waals surface area contributed by atoms with Crippen LogP contribution in [0.5, 0.6) is 0 Å². The monoisotopic (exact) mass is 448 g/mol. The van der Waals surface area contributed by atoms with E-state index in [1.165, 1.54) is 0 Å². The predicted molar refractivity (Wildman–Crippen MR) is 129 cm³/mol. The third-order valence-electron chi connectivity index (χ3n) is 5.56. The number of hydrogen-bond acceptors (Lipinski definition) is 6. The lowest BCUT2D eigenvalue weighted by Crippen LogP contribution is -2.47. The number of carbonyl (C=O) groups excluding carboxylic acids is 1. The molecule has 0 spiro atoms. The summed E-state index contributed by atoms with van der Waals surface area (Å²) in [7, 11) is 0. The third kappa shape index (κ3) is 5.32. The number of carbonyl (C=O) groups is 1. The van der Waals surface area contributed by atoms with Gasteiger partial charge in [-0.25, -0.2) is 19.7 Å². The number of amides is 1. The maximum atomic E-state index is 12.5. The summed E-state index contributed by atoms with van der Waals surface area (Å²) < 4.78 is 7.57. The molecule has 1 aliphatic heterocycles. The van der Waals surface area contributed by atoms with Crippen molar-refractivity contribution < 1.29 is 9.53 Å². The molecule has 1 fully saturated rings. The molecule has 1 unspecified atom stereocenters. The van der Waals surface area contributed by atoms with Crippen molar-refractivity contribution in [3.8, 4) is 11.5 Å². The zero-order valence-corrected chi connectivity index (χ0v) is 19.8. The SMILES string of the molecule is C=CCc1ccc2ncc(-c3ncc(C)c(NC4CCCN(C(=O)OC(C)(C)C)C4)n3)n2c1. The van der Waals surface area contributed by atoms with Crippen LogP contribution in [0.2, 0.25) is 0 Å². The van der Waals surface area contributed by atoms with Gasteiger partial charge in [0.1, 0.15) is 22.8 Å². The molecule has 1 N–H and O–H groups in total. The summed E-state index contributed by atoms with van der Waals surface area (Å²) in [5, 5.41) is 3.54. The second-order valence-electron chi connectivity index (χ2n) is 9.54. The molecule has 0 saturated carbocycles. The Morgan fingerprint density at radius 1 is 1.30 bits per heavy atom. The topological polar surface area (TPSA) is 84.7 Å². The number of imidazole rings is 1. The minimum Gasteiger partial charge on any atom is -0.444 e. The van der Waals surface area contributed by atoms with Gasteiger partial charge in [0.05, 0.1) is 6.20 Å². The highest BCUT2D eigenvalue weighted by Crippen LogP contribution is 2.23. The van der Waals surface area contributed by atoms with Crippen LogP contribution >= 0.6 is 0 Å². The number of fused-ring (bicyclic) bond motifs is 1. The first kappa shape index (κ1) is 22.8. The van der Waals surface area contributed by atoms with Crippen molar-refractivity contribution in [2.75, 3.05) is 18.4 Å². The van der Waals surface area contributed by atoms with Gasteiger partial charge in [0.15, 0.2) is 5.82 Å². The van der Waals surface area contributed by atoms with Gasteiger partial charge in [-0.1, -0.05) is 12.1 Å². The number of nitrogens with one attached hydrogen (secondary N) is 1. The molecular formula is C25H32N6O2. The van der Waals surface area contributed by atoms with Crippen LogP contribution in [0.3, 0.4) is 0 Å². The second kappa shape index (κ2) is 9.21. The third-order valence-corrected chi connectivity index (χ3v) is 5.56. The van der Waals surface area contributed by atoms with Crippen molar-refractivity contribution in [3.05, 3.63) is 54.5 Å². The maximum absolute atomic E-state index is 12.5. The number of likely N-dealkylation sites (tertiary alicyclic amines) is 1. The van der Waals surface area contributed by atoms with Gasteiger partial charge in [-0.05, 0) is 58.6 Å². The molecule has 4 rings (SSSR count). The number of piperidine rings is 1. The largest absolute Gasteiger partial charge is 0.444 e. The van der Waals surface area contributed by atoms with E-state index in [-0.39, 0.29) is 12.1 Å². The van der Waals surface area contributed by atoms with Crippen molar-refractivity contribution in [1.29, 1.82) is 0 Å². The second-order valence-corrected chi connectivity index (χ2v) is 9.54. The quantitative estimate of drug-likeness (QED) is 0.573. The van der Waals surface area contributed by atoms with E-state index in [9.17, 15) is 4.79 Å². The van der Waals surface area contributed by atoms with E-state index >= 15 is 0 Å². The fraction of sp³-hybridized carbons (Fsp3) is 0.440. The van der Waals surface area contributed by atoms with Gasteiger partial charge in [0.2, 0.25) is 0 Å². The Bertz CT molecular complexity index is 1160. The first-order valence-corrected chi connectivity index (χ1v) is 11.4. The summed E-state index contributed by atoms with van der Waals surface area (Å²) in [5.41, 5.74) is 3.27. The van der Waals surface area contributed by atoms with Crippen LogP contribution in [0.4, 0.5) is 10.6 Å². The summed E-state index contributed by atoms with van der Waals surface area (Å²) in [6.45, 7) is 12.7. The van der Waals surface area contributed by atoms with E-state index < -0.39 is 5.60 Å². The normalized spacial score (nSPS) is 16.6. The Labute approximate surface area is 194 Å². The molecule has 0 bridgehead atoms. The Morgan fingerprint density at radius 2 is 2.12 bits per heavy atom. The minimum absolute atomic E-state index is 0.0918. The van der Waals surface area contributed by atoms with E-state index in [0.717, 1.165) is 47.5 Å². The van der Waals surface area contributed by atoms with Crippen molar-refractivity contribution in [2.45, 2.75) is 58.6 Å². The Kier molecular flexibility index (Phi) is 6.35. The van der Waals surface area contributed by atoms with Gasteiger partial charge in [0.25, 0.3) is 0 Å². The van der Waals surface area contributed by atoms with Crippen LogP contribution in [0, 0.1) is 6.92 Å². The molecule has 174 valence electrons. The number of aromatic nitrogens is 4. The predicted octanol–water partition coefficient (Wildman–Crippen LogP) is 4.64. The zero-order chi connectivity index (χ0) is 23.6. The number of rotatable bonds is 5. The molecule has 8 nitrogen and oxygen atoms in total. The number of ether oxygens (including phenoxy) is 1. The summed E-state index contributed by atoms with van der Waals surface area (Å²) in [6, 6.07) is 4.13. The van der Waals surface area contributed by atoms with Crippen LogP contribution in [-0.4, -0.2) is 55.1 Å². The zero-order valence-electron chi connectivity index (χ0n) is 19.8. The number of nitrogens with zero attached hydrogens (tertiary/aromatic N) is 5. The number of pyridine rings is 1. The Balaban J connectivity index is 1.55. The van der Waals surface area contributed by atoms with Crippen LogP contribution < -0.4 is 5.32 Å². The average Bonchev–Trinajstić information content (AvgIpc) is 3.18. The molecule has 1 amide bonds. The molecule has 3 aromatic heterocycles. The number of allylic oxidation sites excluding steroid dienone is 1. The summed E-state index contributed by atoms with van der Waals surface area (Å²) >= 11 is 0. The smallest absolute Gasteiger partial charge is 0.410 e. The van der Waals surface area contributed by atoms with Gasteiger partial charge in [0, 0.05) is 37.1 Å². The first-order valence-electron chi connectivity index (χ1n) is 11.4. The number of anilines is 1. The number of aryl methyl sites for hydroxylation is 1. The Hall–Kier alpha value is -3.42. The molecule has 0 radical (unpaired) electrons. The van der Waals surface area contributed by atoms with E-state index in [0.29, 0.717) is 18.9 Å². The van der Waals surface area contributed by atoms with E-state index in [1.807, 2.05) is 50.4 Å². The van der Waals surface area contributed by atoms with Crippen molar-refractivity contribution in [2.24, 2.45) is 0 Å². The van der Waals surface area contributed by atoms with Crippen LogP contribution in [0.1, 0.15) is 44.7 Å². The molecule has 1 saturated heterocycles. The molecule has 0 aromatic carbocycles. The van der Waals surface area contributed by atoms with Gasteiger partial charge < -0.3 is 15.0 Å². The molecule has 1 aliphatic rings. The molecule has 4 heterocycles. The highest BCUT2D eigenvalue weighted by Gasteiger charge is 2.28. The van der Waals surface area contributed by atoms with Crippen molar-refractivity contribution in [1.82, 2.24) is 24.3 Å². The lowest BCUT2D eigenvalue weighted by atomic mass is 10.1. The minimum atomic E-state index is -0.505. The van der Waals surface area contributed by atoms with Gasteiger partial charge in [-0.2, -0.15) is 0 Å². The standard InChI is InChI=1S/C25H32N6O2/c1-6-8-18-10-11-21-26-14-20(31(21)15-18)23-27-13-17(2)22(29-23)28-19-9-7-12-30(16-19)24(32)33-25(3,4)5/h6,10-11,13-15,19H,1,7-9,12,16H2,2-5H3,(H,27,28,29). The molecule has 1 atom stereocenters. The lowest BCUT2D eigenvalue weighted by Gasteiger charge is -2.34. The highest BCUT2D eigenvalue weighted by molar-refractivity contribution is 5.68. The number of hydrogen-bond donors (Lipinski definition) is 1. The van der Waals surface area contributed by atoms with Crippen molar-refractivity contribution in [3.63, 3.8) is 0 Å². The fourth-order valence-electron chi connectivity index (χ4n) is 3.97. The molecule has 0 aliphatic carbocycles. The fourth-order valence-corrected chi connectivity index (χ4v) is 3.97. The molecule has 8 heteroatoms. The first-order chi connectivity index (χ1) is 15.7. The highest BCUT2D eigenvalue weighted by atomic mass is 16.6. The van der Waals surface area contributed by atoms with E-state index in [4.69, 9.17) is 9.72 Å².